The summed E-state index contributed by atoms with van der Waals surface area (Å²) in [6.45, 7) is 7.38. The van der Waals surface area contributed by atoms with Crippen molar-refractivity contribution in [2.45, 2.75) is 71.5 Å². The predicted octanol–water partition coefficient (Wildman–Crippen LogP) is 3.97. The largest absolute Gasteiger partial charge is 0.493 e. The van der Waals surface area contributed by atoms with Gasteiger partial charge in [-0.2, -0.15) is 0 Å². The van der Waals surface area contributed by atoms with Gasteiger partial charge in [-0.25, -0.2) is 14.6 Å². The molecule has 3 aromatic carbocycles. The maximum absolute atomic E-state index is 13.6. The molecule has 2 unspecified atom stereocenters. The average Bonchev–Trinajstić information content (AvgIpc) is 3.17. The lowest BCUT2D eigenvalue weighted by Gasteiger charge is -2.33. The van der Waals surface area contributed by atoms with E-state index in [0.29, 0.717) is 17.2 Å². The van der Waals surface area contributed by atoms with E-state index in [9.17, 15) is 24.3 Å². The Bertz CT molecular complexity index is 1670. The smallest absolute Gasteiger partial charge is 0.407 e. The zero-order chi connectivity index (χ0) is 40.5. The number of aliphatic hydroxyl groups is 1. The number of aliphatic hydroxyl groups excluding tert-OH is 1. The van der Waals surface area contributed by atoms with E-state index in [1.807, 2.05) is 54.6 Å². The number of benzene rings is 3. The van der Waals surface area contributed by atoms with E-state index in [2.05, 4.69) is 21.4 Å². The van der Waals surface area contributed by atoms with Gasteiger partial charge in [0.2, 0.25) is 5.91 Å². The highest BCUT2D eigenvalue weighted by atomic mass is 16.5. The number of hydrazine groups is 1. The SMILES string of the molecule is COC(=O)N[C@H](C(=O)NC(Cc1ccccc1)C(O)CN(Cc1ccc(OCc2ccc(OC)c(OC)c2)cc1)NC(=O)[C@@H](NC(=O)OC)C(C)C)C(C)C. The zero-order valence-electron chi connectivity index (χ0n) is 32.8. The Morgan fingerprint density at radius 1 is 0.673 bits per heavy atom. The second kappa shape index (κ2) is 22.0. The summed E-state index contributed by atoms with van der Waals surface area (Å²) in [6.07, 6.45) is -2.52. The van der Waals surface area contributed by atoms with Crippen molar-refractivity contribution in [3.05, 3.63) is 89.5 Å². The molecule has 0 aromatic heterocycles. The fourth-order valence-electron chi connectivity index (χ4n) is 5.64. The van der Waals surface area contributed by atoms with Crippen LogP contribution in [0.4, 0.5) is 9.59 Å². The Kier molecular flexibility index (Phi) is 17.5. The first-order valence-electron chi connectivity index (χ1n) is 18.0. The lowest BCUT2D eigenvalue weighted by molar-refractivity contribution is -0.131. The number of carbonyl (C=O) groups is 4. The number of rotatable bonds is 20. The average molecular weight is 766 g/mol. The zero-order valence-corrected chi connectivity index (χ0v) is 32.8. The maximum Gasteiger partial charge on any atom is 0.407 e. The highest BCUT2D eigenvalue weighted by molar-refractivity contribution is 5.86. The van der Waals surface area contributed by atoms with Gasteiger partial charge >= 0.3 is 12.2 Å². The number of hydrogen-bond donors (Lipinski definition) is 5. The molecule has 0 radical (unpaired) electrons. The first-order valence-corrected chi connectivity index (χ1v) is 18.0. The van der Waals surface area contributed by atoms with Crippen molar-refractivity contribution < 1.29 is 48.0 Å². The molecular formula is C40H55N5O10. The van der Waals surface area contributed by atoms with Crippen molar-refractivity contribution in [3.8, 4) is 17.2 Å². The van der Waals surface area contributed by atoms with Crippen molar-refractivity contribution in [2.24, 2.45) is 11.8 Å². The highest BCUT2D eigenvalue weighted by Gasteiger charge is 2.32. The Labute approximate surface area is 323 Å². The Morgan fingerprint density at radius 2 is 1.24 bits per heavy atom. The fraction of sp³-hybridized carbons (Fsp3) is 0.450. The second-order valence-electron chi connectivity index (χ2n) is 13.6. The lowest BCUT2D eigenvalue weighted by atomic mass is 9.98. The molecule has 55 heavy (non-hydrogen) atoms. The van der Waals surface area contributed by atoms with Gasteiger partial charge in [0.25, 0.3) is 5.91 Å². The van der Waals surface area contributed by atoms with Crippen molar-refractivity contribution in [3.63, 3.8) is 0 Å². The molecule has 0 saturated carbocycles. The summed E-state index contributed by atoms with van der Waals surface area (Å²) < 4.78 is 26.2. The van der Waals surface area contributed by atoms with E-state index < -0.39 is 48.2 Å². The first-order chi connectivity index (χ1) is 26.3. The molecular weight excluding hydrogens is 710 g/mol. The molecule has 3 aromatic rings. The standard InChI is InChI=1S/C40H55N5O10/c1-25(2)35(42-39(49)53-7)37(47)41-31(20-27-12-10-9-11-13-27)32(46)23-45(44-38(48)36(26(3)4)43-40(50)54-8)22-28-14-17-30(18-15-28)55-24-29-16-19-33(51-5)34(21-29)52-6/h9-19,21,25-26,31-32,35-36,46H,20,22-24H2,1-8H3,(H,41,47)(H,42,49)(H,43,50)(H,44,48)/t31?,32?,35-,36-/m0/s1. The topological polar surface area (TPSA) is 186 Å². The normalized spacial score (nSPS) is 13.2. The van der Waals surface area contributed by atoms with Crippen LogP contribution in [0.15, 0.2) is 72.8 Å². The van der Waals surface area contributed by atoms with Crippen LogP contribution in [0.1, 0.15) is 44.4 Å². The van der Waals surface area contributed by atoms with Gasteiger partial charge in [-0.3, -0.25) is 15.0 Å². The molecule has 0 bridgehead atoms. The summed E-state index contributed by atoms with van der Waals surface area (Å²) in [7, 11) is 5.56. The van der Waals surface area contributed by atoms with Crippen LogP contribution in [-0.4, -0.2) is 93.3 Å². The third-order valence-corrected chi connectivity index (χ3v) is 8.73. The van der Waals surface area contributed by atoms with Crippen molar-refractivity contribution >= 4 is 24.0 Å². The molecule has 3 rings (SSSR count). The van der Waals surface area contributed by atoms with Crippen LogP contribution in [0, 0.1) is 11.8 Å². The highest BCUT2D eigenvalue weighted by Crippen LogP contribution is 2.28. The van der Waals surface area contributed by atoms with E-state index >= 15 is 0 Å². The number of amides is 4. The lowest BCUT2D eigenvalue weighted by Crippen LogP contribution is -2.59. The number of hydrogen-bond acceptors (Lipinski definition) is 11. The molecule has 0 aliphatic rings. The molecule has 0 heterocycles. The number of ether oxygens (including phenoxy) is 5. The van der Waals surface area contributed by atoms with Crippen LogP contribution in [0.2, 0.25) is 0 Å². The molecule has 0 fully saturated rings. The Hall–Kier alpha value is -5.54. The van der Waals surface area contributed by atoms with Gasteiger partial charge in [-0.15, -0.1) is 0 Å². The third-order valence-electron chi connectivity index (χ3n) is 8.73. The van der Waals surface area contributed by atoms with Crippen LogP contribution in [0.5, 0.6) is 17.2 Å². The van der Waals surface area contributed by atoms with Crippen LogP contribution >= 0.6 is 0 Å². The van der Waals surface area contributed by atoms with Gasteiger partial charge in [0, 0.05) is 13.1 Å². The second-order valence-corrected chi connectivity index (χ2v) is 13.6. The molecule has 15 heteroatoms. The molecule has 0 saturated heterocycles. The summed E-state index contributed by atoms with van der Waals surface area (Å²) in [5.41, 5.74) is 5.34. The number of nitrogens with one attached hydrogen (secondary N) is 4. The summed E-state index contributed by atoms with van der Waals surface area (Å²) in [4.78, 5) is 51.4. The fourth-order valence-corrected chi connectivity index (χ4v) is 5.64. The number of carbonyl (C=O) groups excluding carboxylic acids is 4. The van der Waals surface area contributed by atoms with Crippen LogP contribution < -0.4 is 35.6 Å². The van der Waals surface area contributed by atoms with Gasteiger partial charge in [0.05, 0.1) is 40.6 Å². The Morgan fingerprint density at radius 3 is 1.78 bits per heavy atom. The van der Waals surface area contributed by atoms with Crippen LogP contribution in [0.3, 0.4) is 0 Å². The molecule has 4 amide bonds. The monoisotopic (exact) mass is 765 g/mol. The number of methoxy groups -OCH3 is 4. The molecule has 4 atom stereocenters. The summed E-state index contributed by atoms with van der Waals surface area (Å²) in [5, 5.41) is 21.4. The molecule has 0 aliphatic heterocycles. The van der Waals surface area contributed by atoms with Crippen LogP contribution in [0.25, 0.3) is 0 Å². The molecule has 0 aliphatic carbocycles. The van der Waals surface area contributed by atoms with Gasteiger partial charge in [-0.1, -0.05) is 76.2 Å². The van der Waals surface area contributed by atoms with Gasteiger partial charge in [0.15, 0.2) is 11.5 Å². The molecule has 15 nitrogen and oxygen atoms in total. The molecule has 5 N–H and O–H groups in total. The summed E-state index contributed by atoms with van der Waals surface area (Å²) >= 11 is 0. The van der Waals surface area contributed by atoms with Gasteiger partial charge in [-0.05, 0) is 59.2 Å². The number of alkyl carbamates (subject to hydrolysis) is 2. The van der Waals surface area contributed by atoms with Crippen LogP contribution in [-0.2, 0) is 38.6 Å². The summed E-state index contributed by atoms with van der Waals surface area (Å²) in [6, 6.07) is 19.3. The van der Waals surface area contributed by atoms with E-state index in [1.54, 1.807) is 60.1 Å². The van der Waals surface area contributed by atoms with E-state index in [0.717, 1.165) is 16.7 Å². The quantitative estimate of drug-likeness (QED) is 0.105. The van der Waals surface area contributed by atoms with Crippen molar-refractivity contribution in [2.75, 3.05) is 35.0 Å². The van der Waals surface area contributed by atoms with E-state index in [-0.39, 0.29) is 38.0 Å². The first kappa shape index (κ1) is 43.9. The van der Waals surface area contributed by atoms with Crippen molar-refractivity contribution in [1.29, 1.82) is 0 Å². The van der Waals surface area contributed by atoms with Crippen molar-refractivity contribution in [1.82, 2.24) is 26.4 Å². The molecule has 300 valence electrons. The predicted molar refractivity (Wildman–Crippen MR) is 205 cm³/mol. The van der Waals surface area contributed by atoms with Gasteiger partial charge < -0.3 is 44.7 Å². The third kappa shape index (κ3) is 14.0. The van der Waals surface area contributed by atoms with E-state index in [4.69, 9.17) is 23.7 Å². The summed E-state index contributed by atoms with van der Waals surface area (Å²) in [5.74, 6) is 0.145. The minimum Gasteiger partial charge on any atom is -0.493 e. The molecule has 0 spiro atoms. The Balaban J connectivity index is 1.87. The minimum absolute atomic E-state index is 0.131. The van der Waals surface area contributed by atoms with E-state index in [1.165, 1.54) is 19.2 Å². The number of nitrogens with zero attached hydrogens (tertiary/aromatic N) is 1. The maximum atomic E-state index is 13.6. The van der Waals surface area contributed by atoms with Gasteiger partial charge in [0.1, 0.15) is 24.4 Å². The minimum atomic E-state index is -1.23.